The van der Waals surface area contributed by atoms with E-state index in [-0.39, 0.29) is 11.6 Å². The van der Waals surface area contributed by atoms with Gasteiger partial charge in [-0.2, -0.15) is 5.10 Å². The third kappa shape index (κ3) is 3.42. The monoisotopic (exact) mass is 311 g/mol. The summed E-state index contributed by atoms with van der Waals surface area (Å²) in [4.78, 5) is 16.5. The Morgan fingerprint density at radius 2 is 2.05 bits per heavy atom. The third-order valence-corrected chi connectivity index (χ3v) is 4.59. The molecule has 122 valence electrons. The first-order valence-corrected chi connectivity index (χ1v) is 7.75. The highest BCUT2D eigenvalue weighted by atomic mass is 19.1. The quantitative estimate of drug-likeness (QED) is 0.756. The topological polar surface area (TPSA) is 47.8 Å². The van der Waals surface area contributed by atoms with Gasteiger partial charge in [0.15, 0.2) is 5.78 Å². The van der Waals surface area contributed by atoms with E-state index in [9.17, 15) is 13.6 Å². The van der Waals surface area contributed by atoms with Gasteiger partial charge in [0, 0.05) is 0 Å². The van der Waals surface area contributed by atoms with E-state index in [1.54, 1.807) is 0 Å². The molecule has 0 amide bonds. The van der Waals surface area contributed by atoms with Crippen molar-refractivity contribution in [2.75, 3.05) is 13.3 Å². The van der Waals surface area contributed by atoms with Gasteiger partial charge in [0.1, 0.15) is 31.7 Å². The normalized spacial score (nSPS) is 23.5. The van der Waals surface area contributed by atoms with Gasteiger partial charge >= 0.3 is 0 Å². The van der Waals surface area contributed by atoms with Crippen molar-refractivity contribution in [3.63, 3.8) is 0 Å². The molecule has 0 aliphatic heterocycles. The maximum atomic E-state index is 13.2. The maximum absolute atomic E-state index is 13.2. The lowest BCUT2D eigenvalue weighted by Crippen LogP contribution is -2.35. The van der Waals surface area contributed by atoms with Crippen molar-refractivity contribution in [2.24, 2.45) is 17.3 Å². The van der Waals surface area contributed by atoms with E-state index in [0.717, 1.165) is 19.3 Å². The largest absolute Gasteiger partial charge is 0.292 e. The number of hydrogen-bond acceptors (Lipinski definition) is 3. The Balaban J connectivity index is 2.37. The van der Waals surface area contributed by atoms with Crippen molar-refractivity contribution in [1.82, 2.24) is 14.8 Å². The molecule has 1 saturated carbocycles. The summed E-state index contributed by atoms with van der Waals surface area (Å²) < 4.78 is 27.8. The number of Topliss-reactive ketones (excluding diaryl/α,β-unsaturated/α-hetero) is 1. The van der Waals surface area contributed by atoms with E-state index in [1.165, 1.54) is 30.7 Å². The Morgan fingerprint density at radius 1 is 1.36 bits per heavy atom. The molecular formula is C16H23F2N3O. The summed E-state index contributed by atoms with van der Waals surface area (Å²) in [6.07, 6.45) is 8.92. The molecule has 0 aromatic carbocycles. The lowest BCUT2D eigenvalue weighted by Gasteiger charge is -2.28. The van der Waals surface area contributed by atoms with E-state index in [1.807, 2.05) is 6.08 Å². The zero-order chi connectivity index (χ0) is 16.2. The summed E-state index contributed by atoms with van der Waals surface area (Å²) in [5.41, 5.74) is -1.43. The van der Waals surface area contributed by atoms with Crippen LogP contribution in [0.3, 0.4) is 0 Å². The van der Waals surface area contributed by atoms with Crippen LogP contribution in [0.25, 0.3) is 5.70 Å². The predicted molar refractivity (Wildman–Crippen MR) is 80.5 cm³/mol. The summed E-state index contributed by atoms with van der Waals surface area (Å²) in [5.74, 6) is 0.114. The maximum Gasteiger partial charge on any atom is 0.192 e. The lowest BCUT2D eigenvalue weighted by atomic mass is 9.78. The van der Waals surface area contributed by atoms with Gasteiger partial charge in [-0.1, -0.05) is 32.3 Å². The fourth-order valence-corrected chi connectivity index (χ4v) is 2.85. The number of nitrogens with zero attached hydrogens (tertiary/aromatic N) is 3. The number of rotatable bonds is 6. The average molecular weight is 311 g/mol. The standard InChI is InChI=1S/C16H23F2N3O/c1-12-5-3-4-6-13(12)7-14(21-11-19-10-20-21)15(22)16(2,8-17)9-18/h7,10-13H,3-6,8-9H2,1-2H3/b14-7-. The molecule has 0 N–H and O–H groups in total. The fraction of sp³-hybridized carbons (Fsp3) is 0.688. The highest BCUT2D eigenvalue weighted by molar-refractivity contribution is 6.17. The SMILES string of the molecule is CC1CCCCC1/C=C(/C(=O)C(C)(CF)CF)n1cncn1. The fourth-order valence-electron chi connectivity index (χ4n) is 2.85. The highest BCUT2D eigenvalue weighted by Crippen LogP contribution is 2.33. The molecule has 1 aromatic rings. The molecule has 1 aliphatic carbocycles. The molecule has 2 unspecified atom stereocenters. The van der Waals surface area contributed by atoms with Crippen LogP contribution in [0.4, 0.5) is 8.78 Å². The molecule has 1 heterocycles. The molecule has 4 nitrogen and oxygen atoms in total. The van der Waals surface area contributed by atoms with Gasteiger partial charge in [-0.15, -0.1) is 0 Å². The first-order valence-electron chi connectivity index (χ1n) is 7.75. The third-order valence-electron chi connectivity index (χ3n) is 4.59. The van der Waals surface area contributed by atoms with E-state index in [2.05, 4.69) is 17.0 Å². The molecule has 2 atom stereocenters. The first kappa shape index (κ1) is 16.8. The summed E-state index contributed by atoms with van der Waals surface area (Å²) >= 11 is 0. The molecule has 1 fully saturated rings. The molecule has 0 radical (unpaired) electrons. The van der Waals surface area contributed by atoms with E-state index >= 15 is 0 Å². The second-order valence-electron chi connectivity index (χ2n) is 6.47. The molecule has 1 aliphatic rings. The summed E-state index contributed by atoms with van der Waals surface area (Å²) in [6, 6.07) is 0. The van der Waals surface area contributed by atoms with Crippen LogP contribution in [0, 0.1) is 17.3 Å². The molecule has 0 saturated heterocycles. The van der Waals surface area contributed by atoms with Crippen molar-refractivity contribution in [1.29, 1.82) is 0 Å². The minimum absolute atomic E-state index is 0.223. The Morgan fingerprint density at radius 3 is 2.59 bits per heavy atom. The van der Waals surface area contributed by atoms with Crippen molar-refractivity contribution < 1.29 is 13.6 Å². The number of alkyl halides is 2. The lowest BCUT2D eigenvalue weighted by molar-refractivity contribution is -0.124. The Hall–Kier alpha value is -1.59. The van der Waals surface area contributed by atoms with Crippen LogP contribution in [0.1, 0.15) is 39.5 Å². The number of aromatic nitrogens is 3. The van der Waals surface area contributed by atoms with Gasteiger partial charge in [-0.3, -0.25) is 4.79 Å². The smallest absolute Gasteiger partial charge is 0.192 e. The van der Waals surface area contributed by atoms with Gasteiger partial charge < -0.3 is 0 Å². The summed E-state index contributed by atoms with van der Waals surface area (Å²) in [6.45, 7) is 1.39. The van der Waals surface area contributed by atoms with Crippen molar-refractivity contribution in [2.45, 2.75) is 39.5 Å². The van der Waals surface area contributed by atoms with Crippen LogP contribution in [0.15, 0.2) is 18.7 Å². The number of hydrogen-bond donors (Lipinski definition) is 0. The van der Waals surface area contributed by atoms with E-state index in [0.29, 0.717) is 5.92 Å². The Labute approximate surface area is 129 Å². The van der Waals surface area contributed by atoms with Gasteiger partial charge in [0.2, 0.25) is 0 Å². The predicted octanol–water partition coefficient (Wildman–Crippen LogP) is 3.46. The van der Waals surface area contributed by atoms with Crippen LogP contribution in [0.5, 0.6) is 0 Å². The van der Waals surface area contributed by atoms with Gasteiger partial charge in [-0.05, 0) is 25.2 Å². The number of halogens is 2. The molecule has 0 bridgehead atoms. The zero-order valence-electron chi connectivity index (χ0n) is 13.1. The van der Waals surface area contributed by atoms with Crippen molar-refractivity contribution >= 4 is 11.5 Å². The first-order chi connectivity index (χ1) is 10.5. The molecule has 6 heteroatoms. The zero-order valence-corrected chi connectivity index (χ0v) is 13.1. The summed E-state index contributed by atoms with van der Waals surface area (Å²) in [5, 5.41) is 3.98. The van der Waals surface area contributed by atoms with Gasteiger partial charge in [0.05, 0.1) is 5.41 Å². The molecule has 2 rings (SSSR count). The van der Waals surface area contributed by atoms with Crippen molar-refractivity contribution in [3.8, 4) is 0 Å². The molecule has 1 aromatic heterocycles. The molecule has 0 spiro atoms. The minimum Gasteiger partial charge on any atom is -0.292 e. The van der Waals surface area contributed by atoms with Gasteiger partial charge in [0.25, 0.3) is 0 Å². The van der Waals surface area contributed by atoms with Crippen LogP contribution in [-0.4, -0.2) is 33.9 Å². The van der Waals surface area contributed by atoms with Gasteiger partial charge in [-0.25, -0.2) is 18.4 Å². The Bertz CT molecular complexity index is 524. The molecule has 22 heavy (non-hydrogen) atoms. The number of carbonyl (C=O) groups is 1. The summed E-state index contributed by atoms with van der Waals surface area (Å²) in [7, 11) is 0. The second-order valence-corrected chi connectivity index (χ2v) is 6.47. The van der Waals surface area contributed by atoms with Crippen LogP contribution < -0.4 is 0 Å². The molecular weight excluding hydrogens is 288 g/mol. The van der Waals surface area contributed by atoms with E-state index < -0.39 is 24.5 Å². The highest BCUT2D eigenvalue weighted by Gasteiger charge is 2.37. The van der Waals surface area contributed by atoms with E-state index in [4.69, 9.17) is 0 Å². The van der Waals surface area contributed by atoms with Crippen LogP contribution >= 0.6 is 0 Å². The van der Waals surface area contributed by atoms with Crippen molar-refractivity contribution in [3.05, 3.63) is 18.7 Å². The van der Waals surface area contributed by atoms with Crippen LogP contribution in [0.2, 0.25) is 0 Å². The second kappa shape index (κ2) is 7.11. The minimum atomic E-state index is -1.66. The Kier molecular flexibility index (Phi) is 5.42. The van der Waals surface area contributed by atoms with Crippen LogP contribution in [-0.2, 0) is 4.79 Å². The average Bonchev–Trinajstić information content (AvgIpc) is 3.07. The number of carbonyl (C=O) groups excluding carboxylic acids is 1. The number of allylic oxidation sites excluding steroid dienone is 2. The number of ketones is 1.